The summed E-state index contributed by atoms with van der Waals surface area (Å²) in [5, 5.41) is 6.56. The van der Waals surface area contributed by atoms with Gasteiger partial charge in [0.2, 0.25) is 0 Å². The Morgan fingerprint density at radius 1 is 1.36 bits per heavy atom. The number of aliphatic imine (C=N–C) groups is 1. The van der Waals surface area contributed by atoms with Crippen molar-refractivity contribution in [2.75, 3.05) is 58.3 Å². The third-order valence-electron chi connectivity index (χ3n) is 4.50. The van der Waals surface area contributed by atoms with Gasteiger partial charge in [0.05, 0.1) is 25.9 Å². The predicted molar refractivity (Wildman–Crippen MR) is 106 cm³/mol. The molecule has 1 aromatic rings. The molecular formula is C19H30F3N5O. The molecule has 1 atom stereocenters. The quantitative estimate of drug-likeness (QED) is 0.517. The van der Waals surface area contributed by atoms with Crippen molar-refractivity contribution in [3.05, 3.63) is 24.3 Å². The number of nitrogens with one attached hydrogen (secondary N) is 2. The van der Waals surface area contributed by atoms with Crippen LogP contribution in [0.1, 0.15) is 13.3 Å². The molecule has 28 heavy (non-hydrogen) atoms. The van der Waals surface area contributed by atoms with E-state index in [-0.39, 0.29) is 12.6 Å². The number of nitrogens with zero attached hydrogens (tertiary/aromatic N) is 3. The minimum atomic E-state index is -4.19. The van der Waals surface area contributed by atoms with Crippen molar-refractivity contribution in [2.24, 2.45) is 4.99 Å². The van der Waals surface area contributed by atoms with E-state index in [2.05, 4.69) is 20.5 Å². The van der Waals surface area contributed by atoms with Crippen LogP contribution in [-0.4, -0.2) is 76.5 Å². The van der Waals surface area contributed by atoms with Crippen LogP contribution in [-0.2, 0) is 0 Å². The predicted octanol–water partition coefficient (Wildman–Crippen LogP) is 2.32. The molecule has 2 rings (SSSR count). The van der Waals surface area contributed by atoms with E-state index >= 15 is 0 Å². The molecule has 0 bridgehead atoms. The Balaban J connectivity index is 1.88. The first kappa shape index (κ1) is 22.1. The zero-order chi connectivity index (χ0) is 20.6. The molecule has 2 N–H and O–H groups in total. The second kappa shape index (κ2) is 10.4. The summed E-state index contributed by atoms with van der Waals surface area (Å²) in [5.41, 5.74) is 1.06. The zero-order valence-electron chi connectivity index (χ0n) is 16.7. The third-order valence-corrected chi connectivity index (χ3v) is 4.50. The molecule has 9 heteroatoms. The van der Waals surface area contributed by atoms with Crippen LogP contribution in [0.2, 0.25) is 0 Å². The standard InChI is InChI=1S/C19H30F3N5O/c1-4-23-18(24-10-12-26(2)14-19(20,21)22)25-15-9-11-27(13-15)16-7-5-6-8-17(16)28-3/h5-8,15H,4,9-14H2,1-3H3,(H2,23,24,25). The highest BCUT2D eigenvalue weighted by Gasteiger charge is 2.29. The van der Waals surface area contributed by atoms with Gasteiger partial charge in [0, 0.05) is 32.2 Å². The summed E-state index contributed by atoms with van der Waals surface area (Å²) < 4.78 is 42.6. The maximum Gasteiger partial charge on any atom is 0.401 e. The summed E-state index contributed by atoms with van der Waals surface area (Å²) in [6, 6.07) is 8.12. The molecule has 1 fully saturated rings. The summed E-state index contributed by atoms with van der Waals surface area (Å²) in [5.74, 6) is 1.48. The van der Waals surface area contributed by atoms with Gasteiger partial charge in [-0.3, -0.25) is 9.89 Å². The summed E-state index contributed by atoms with van der Waals surface area (Å²) >= 11 is 0. The first-order valence-electron chi connectivity index (χ1n) is 9.50. The number of ether oxygens (including phenoxy) is 1. The minimum Gasteiger partial charge on any atom is -0.495 e. The normalized spacial score (nSPS) is 17.9. The Bertz CT molecular complexity index is 638. The molecule has 0 aliphatic carbocycles. The second-order valence-electron chi connectivity index (χ2n) is 6.86. The summed E-state index contributed by atoms with van der Waals surface area (Å²) in [7, 11) is 3.11. The fourth-order valence-electron chi connectivity index (χ4n) is 3.22. The second-order valence-corrected chi connectivity index (χ2v) is 6.86. The SMILES string of the molecule is CCNC(=NCCN(C)CC(F)(F)F)NC1CCN(c2ccccc2OC)C1. The molecule has 0 amide bonds. The van der Waals surface area contributed by atoms with Crippen molar-refractivity contribution < 1.29 is 17.9 Å². The van der Waals surface area contributed by atoms with Crippen molar-refractivity contribution >= 4 is 11.6 Å². The maximum atomic E-state index is 12.4. The largest absolute Gasteiger partial charge is 0.495 e. The smallest absolute Gasteiger partial charge is 0.401 e. The monoisotopic (exact) mass is 401 g/mol. The Hall–Kier alpha value is -2.16. The number of hydrogen-bond acceptors (Lipinski definition) is 4. The molecule has 0 aromatic heterocycles. The molecule has 1 aliphatic heterocycles. The number of benzene rings is 1. The van der Waals surface area contributed by atoms with Gasteiger partial charge >= 0.3 is 6.18 Å². The lowest BCUT2D eigenvalue weighted by Gasteiger charge is -2.22. The Morgan fingerprint density at radius 3 is 2.79 bits per heavy atom. The van der Waals surface area contributed by atoms with Crippen molar-refractivity contribution in [1.29, 1.82) is 0 Å². The molecule has 0 radical (unpaired) electrons. The Labute approximate surface area is 164 Å². The molecule has 1 saturated heterocycles. The fraction of sp³-hybridized carbons (Fsp3) is 0.632. The minimum absolute atomic E-state index is 0.204. The average Bonchev–Trinajstić information content (AvgIpc) is 3.08. The highest BCUT2D eigenvalue weighted by atomic mass is 19.4. The molecule has 158 valence electrons. The number of alkyl halides is 3. The van der Waals surface area contributed by atoms with Crippen molar-refractivity contribution in [3.8, 4) is 5.75 Å². The summed E-state index contributed by atoms with van der Waals surface area (Å²) in [6.07, 6.45) is -3.25. The van der Waals surface area contributed by atoms with Gasteiger partial charge in [-0.1, -0.05) is 12.1 Å². The van der Waals surface area contributed by atoms with Gasteiger partial charge in [0.1, 0.15) is 5.75 Å². The highest BCUT2D eigenvalue weighted by Crippen LogP contribution is 2.30. The fourth-order valence-corrected chi connectivity index (χ4v) is 3.22. The van der Waals surface area contributed by atoms with E-state index in [1.807, 2.05) is 31.2 Å². The zero-order valence-corrected chi connectivity index (χ0v) is 16.7. The van der Waals surface area contributed by atoms with Crippen LogP contribution in [0, 0.1) is 0 Å². The highest BCUT2D eigenvalue weighted by molar-refractivity contribution is 5.80. The summed E-state index contributed by atoms with van der Waals surface area (Å²) in [4.78, 5) is 7.91. The van der Waals surface area contributed by atoms with E-state index < -0.39 is 12.7 Å². The molecule has 1 aliphatic rings. The van der Waals surface area contributed by atoms with Crippen molar-refractivity contribution in [1.82, 2.24) is 15.5 Å². The molecule has 1 unspecified atom stereocenters. The number of rotatable bonds is 8. The van der Waals surface area contributed by atoms with Crippen LogP contribution in [0.4, 0.5) is 18.9 Å². The first-order valence-corrected chi connectivity index (χ1v) is 9.50. The van der Waals surface area contributed by atoms with E-state index in [9.17, 15) is 13.2 Å². The van der Waals surface area contributed by atoms with Crippen LogP contribution in [0.25, 0.3) is 0 Å². The number of guanidine groups is 1. The van der Waals surface area contributed by atoms with E-state index in [1.54, 1.807) is 7.11 Å². The lowest BCUT2D eigenvalue weighted by molar-refractivity contribution is -0.142. The number of hydrogen-bond donors (Lipinski definition) is 2. The molecule has 0 saturated carbocycles. The number of anilines is 1. The average molecular weight is 401 g/mol. The van der Waals surface area contributed by atoms with Gasteiger partial charge in [0.15, 0.2) is 5.96 Å². The Morgan fingerprint density at radius 2 is 2.11 bits per heavy atom. The van der Waals surface area contributed by atoms with Gasteiger partial charge in [-0.25, -0.2) is 0 Å². The number of para-hydroxylation sites is 2. The van der Waals surface area contributed by atoms with Crippen molar-refractivity contribution in [3.63, 3.8) is 0 Å². The Kier molecular flexibility index (Phi) is 8.22. The van der Waals surface area contributed by atoms with Crippen molar-refractivity contribution in [2.45, 2.75) is 25.6 Å². The topological polar surface area (TPSA) is 52.1 Å². The summed E-state index contributed by atoms with van der Waals surface area (Å²) in [6.45, 7) is 3.96. The molecule has 1 heterocycles. The van der Waals surface area contributed by atoms with Gasteiger partial charge in [-0.2, -0.15) is 13.2 Å². The number of methoxy groups -OCH3 is 1. The third kappa shape index (κ3) is 7.10. The van der Waals surface area contributed by atoms with Crippen LogP contribution < -0.4 is 20.3 Å². The first-order chi connectivity index (χ1) is 13.3. The van der Waals surface area contributed by atoms with Crippen LogP contribution in [0.5, 0.6) is 5.75 Å². The lowest BCUT2D eigenvalue weighted by Crippen LogP contribution is -2.45. The van der Waals surface area contributed by atoms with Crippen LogP contribution in [0.15, 0.2) is 29.3 Å². The molecule has 0 spiro atoms. The molecular weight excluding hydrogens is 371 g/mol. The van der Waals surface area contributed by atoms with E-state index in [0.29, 0.717) is 19.0 Å². The van der Waals surface area contributed by atoms with Gasteiger partial charge in [0.25, 0.3) is 0 Å². The van der Waals surface area contributed by atoms with Crippen LogP contribution >= 0.6 is 0 Å². The van der Waals surface area contributed by atoms with Gasteiger partial charge in [-0.05, 0) is 32.5 Å². The maximum absolute atomic E-state index is 12.4. The van der Waals surface area contributed by atoms with Crippen LogP contribution in [0.3, 0.4) is 0 Å². The van der Waals surface area contributed by atoms with E-state index in [1.165, 1.54) is 11.9 Å². The molecule has 1 aromatic carbocycles. The van der Waals surface area contributed by atoms with E-state index in [0.717, 1.165) is 30.9 Å². The number of halogens is 3. The molecule has 6 nitrogen and oxygen atoms in total. The van der Waals surface area contributed by atoms with Gasteiger partial charge < -0.3 is 20.3 Å². The number of likely N-dealkylation sites (N-methyl/N-ethyl adjacent to an activating group) is 1. The van der Waals surface area contributed by atoms with Gasteiger partial charge in [-0.15, -0.1) is 0 Å². The lowest BCUT2D eigenvalue weighted by atomic mass is 10.2. The van der Waals surface area contributed by atoms with E-state index in [4.69, 9.17) is 4.74 Å².